The van der Waals surface area contributed by atoms with Crippen molar-refractivity contribution in [3.63, 3.8) is 0 Å². The van der Waals surface area contributed by atoms with Crippen LogP contribution in [0.15, 0.2) is 48.5 Å². The van der Waals surface area contributed by atoms with Gasteiger partial charge in [-0.05, 0) is 18.2 Å². The standard InChI is InChI=1S/C16H18O5.Na/c17-13-5-1-3-7-15(13)20-11-9-19-10-12-21-16-8-4-2-6-14(16)18;/h1-8,17-18H,9-12H2;/q;+1/p-1. The molecule has 0 radical (unpaired) electrons. The van der Waals surface area contributed by atoms with Crippen LogP contribution in [0.1, 0.15) is 0 Å². The molecule has 2 aromatic carbocycles. The van der Waals surface area contributed by atoms with E-state index in [0.717, 1.165) is 0 Å². The zero-order valence-electron chi connectivity index (χ0n) is 12.5. The van der Waals surface area contributed by atoms with Crippen LogP contribution in [0.25, 0.3) is 0 Å². The van der Waals surface area contributed by atoms with Crippen molar-refractivity contribution in [2.24, 2.45) is 0 Å². The van der Waals surface area contributed by atoms with Crippen molar-refractivity contribution in [2.45, 2.75) is 0 Å². The second-order valence-corrected chi connectivity index (χ2v) is 4.22. The Hall–Kier alpha value is -1.40. The molecule has 0 heterocycles. The van der Waals surface area contributed by atoms with E-state index >= 15 is 0 Å². The molecule has 0 saturated carbocycles. The number of aromatic hydroxyl groups is 1. The van der Waals surface area contributed by atoms with Crippen molar-refractivity contribution in [3.05, 3.63) is 48.5 Å². The Morgan fingerprint density at radius 3 is 1.95 bits per heavy atom. The van der Waals surface area contributed by atoms with Gasteiger partial charge in [-0.1, -0.05) is 36.1 Å². The molecule has 0 aliphatic heterocycles. The summed E-state index contributed by atoms with van der Waals surface area (Å²) in [6, 6.07) is 13.3. The van der Waals surface area contributed by atoms with Gasteiger partial charge in [0.15, 0.2) is 11.5 Å². The SMILES string of the molecule is [Na+].[O-]c1ccccc1OCCOCCOc1ccccc1O. The Labute approximate surface area is 151 Å². The second kappa shape index (κ2) is 10.3. The van der Waals surface area contributed by atoms with Gasteiger partial charge in [-0.3, -0.25) is 0 Å². The van der Waals surface area contributed by atoms with Crippen LogP contribution in [-0.2, 0) is 4.74 Å². The number of para-hydroxylation sites is 4. The molecular formula is C16H17NaO5. The van der Waals surface area contributed by atoms with Crippen LogP contribution < -0.4 is 44.1 Å². The van der Waals surface area contributed by atoms with Gasteiger partial charge in [0.05, 0.1) is 13.2 Å². The molecule has 0 aromatic heterocycles. The predicted octanol–water partition coefficient (Wildman–Crippen LogP) is -1.06. The van der Waals surface area contributed by atoms with Gasteiger partial charge in [-0.25, -0.2) is 0 Å². The first-order chi connectivity index (χ1) is 10.3. The molecule has 0 aliphatic carbocycles. The summed E-state index contributed by atoms with van der Waals surface area (Å²) in [5.41, 5.74) is 0. The normalized spacial score (nSPS) is 9.82. The number of phenols is 1. The predicted molar refractivity (Wildman–Crippen MR) is 75.8 cm³/mol. The average molecular weight is 312 g/mol. The Bertz CT molecular complexity index is 512. The van der Waals surface area contributed by atoms with Gasteiger partial charge in [-0.15, -0.1) is 0 Å². The zero-order valence-corrected chi connectivity index (χ0v) is 14.5. The van der Waals surface area contributed by atoms with Crippen molar-refractivity contribution in [1.29, 1.82) is 0 Å². The first kappa shape index (κ1) is 18.6. The summed E-state index contributed by atoms with van der Waals surface area (Å²) in [6.07, 6.45) is 0. The molecule has 0 bridgehead atoms. The molecule has 112 valence electrons. The van der Waals surface area contributed by atoms with Crippen molar-refractivity contribution in [1.82, 2.24) is 0 Å². The van der Waals surface area contributed by atoms with Crippen LogP contribution in [0.4, 0.5) is 0 Å². The van der Waals surface area contributed by atoms with Gasteiger partial charge >= 0.3 is 29.6 Å². The number of hydrogen-bond donors (Lipinski definition) is 1. The van der Waals surface area contributed by atoms with E-state index in [-0.39, 0.29) is 41.1 Å². The van der Waals surface area contributed by atoms with E-state index in [4.69, 9.17) is 14.2 Å². The fraction of sp³-hybridized carbons (Fsp3) is 0.250. The Morgan fingerprint density at radius 2 is 1.32 bits per heavy atom. The van der Waals surface area contributed by atoms with Gasteiger partial charge in [0.1, 0.15) is 19.0 Å². The third-order valence-corrected chi connectivity index (χ3v) is 2.68. The van der Waals surface area contributed by atoms with Crippen molar-refractivity contribution < 1.29 is 54.0 Å². The third kappa shape index (κ3) is 6.15. The molecule has 2 aromatic rings. The van der Waals surface area contributed by atoms with Crippen LogP contribution in [0.5, 0.6) is 23.0 Å². The van der Waals surface area contributed by atoms with Crippen LogP contribution in [-0.4, -0.2) is 31.5 Å². The minimum Gasteiger partial charge on any atom is -0.870 e. The van der Waals surface area contributed by atoms with E-state index in [9.17, 15) is 10.2 Å². The van der Waals surface area contributed by atoms with Gasteiger partial charge in [0.25, 0.3) is 0 Å². The molecule has 0 amide bonds. The zero-order chi connectivity index (χ0) is 14.9. The van der Waals surface area contributed by atoms with Gasteiger partial charge in [-0.2, -0.15) is 0 Å². The summed E-state index contributed by atoms with van der Waals surface area (Å²) < 4.78 is 16.0. The summed E-state index contributed by atoms with van der Waals surface area (Å²) in [4.78, 5) is 0. The first-order valence-electron chi connectivity index (χ1n) is 6.65. The number of hydrogen-bond acceptors (Lipinski definition) is 5. The number of rotatable bonds is 8. The maximum Gasteiger partial charge on any atom is 1.00 e. The smallest absolute Gasteiger partial charge is 0.870 e. The number of benzene rings is 2. The molecule has 5 nitrogen and oxygen atoms in total. The van der Waals surface area contributed by atoms with Crippen LogP contribution >= 0.6 is 0 Å². The van der Waals surface area contributed by atoms with E-state index < -0.39 is 0 Å². The summed E-state index contributed by atoms with van der Waals surface area (Å²) in [5, 5.41) is 20.9. The minimum atomic E-state index is -0.139. The second-order valence-electron chi connectivity index (χ2n) is 4.22. The molecule has 6 heteroatoms. The molecule has 0 spiro atoms. The Balaban J connectivity index is 0.00000242. The molecular weight excluding hydrogens is 295 g/mol. The van der Waals surface area contributed by atoms with E-state index in [1.54, 1.807) is 42.5 Å². The van der Waals surface area contributed by atoms with Crippen LogP contribution in [0, 0.1) is 0 Å². The van der Waals surface area contributed by atoms with Crippen molar-refractivity contribution in [3.8, 4) is 23.0 Å². The summed E-state index contributed by atoms with van der Waals surface area (Å²) in [6.45, 7) is 1.36. The van der Waals surface area contributed by atoms with E-state index in [1.807, 2.05) is 0 Å². The summed E-state index contributed by atoms with van der Waals surface area (Å²) >= 11 is 0. The van der Waals surface area contributed by atoms with Gasteiger partial charge in [0, 0.05) is 0 Å². The quantitative estimate of drug-likeness (QED) is 0.497. The first-order valence-corrected chi connectivity index (χ1v) is 6.65. The molecule has 0 atom stereocenters. The minimum absolute atomic E-state index is 0. The number of phenolic OH excluding ortho intramolecular Hbond substituents is 1. The fourth-order valence-electron chi connectivity index (χ4n) is 1.67. The molecule has 0 aliphatic rings. The molecule has 2 rings (SSSR count). The largest absolute Gasteiger partial charge is 1.00 e. The molecule has 1 N–H and O–H groups in total. The van der Waals surface area contributed by atoms with Gasteiger partial charge < -0.3 is 24.4 Å². The Kier molecular flexibility index (Phi) is 8.77. The van der Waals surface area contributed by atoms with Crippen molar-refractivity contribution in [2.75, 3.05) is 26.4 Å². The van der Waals surface area contributed by atoms with E-state index in [2.05, 4.69) is 0 Å². The monoisotopic (exact) mass is 312 g/mol. The molecule has 0 unspecified atom stereocenters. The Morgan fingerprint density at radius 1 is 0.773 bits per heavy atom. The topological polar surface area (TPSA) is 71.0 Å². The maximum atomic E-state index is 11.4. The van der Waals surface area contributed by atoms with Crippen LogP contribution in [0.3, 0.4) is 0 Å². The third-order valence-electron chi connectivity index (χ3n) is 2.68. The van der Waals surface area contributed by atoms with E-state index in [1.165, 1.54) is 6.07 Å². The summed E-state index contributed by atoms with van der Waals surface area (Å²) in [5.74, 6) is 0.720. The van der Waals surface area contributed by atoms with Crippen LogP contribution in [0.2, 0.25) is 0 Å². The maximum absolute atomic E-state index is 11.4. The number of ether oxygens (including phenoxy) is 3. The molecule has 0 fully saturated rings. The fourth-order valence-corrected chi connectivity index (χ4v) is 1.67. The van der Waals surface area contributed by atoms with Crippen molar-refractivity contribution >= 4 is 0 Å². The molecule has 0 saturated heterocycles. The molecule has 22 heavy (non-hydrogen) atoms. The average Bonchev–Trinajstić information content (AvgIpc) is 2.50. The van der Waals surface area contributed by atoms with Gasteiger partial charge in [0.2, 0.25) is 0 Å². The summed E-state index contributed by atoms with van der Waals surface area (Å²) in [7, 11) is 0. The van der Waals surface area contributed by atoms with E-state index in [0.29, 0.717) is 37.9 Å².